The first-order valence-electron chi connectivity index (χ1n) is 4.14. The summed E-state index contributed by atoms with van der Waals surface area (Å²) in [5, 5.41) is 0. The van der Waals surface area contributed by atoms with Crippen LogP contribution in [0.1, 0.15) is 5.56 Å². The summed E-state index contributed by atoms with van der Waals surface area (Å²) in [6.07, 6.45) is 0. The highest BCUT2D eigenvalue weighted by Gasteiger charge is 2.18. The Morgan fingerprint density at radius 2 is 1.87 bits per heavy atom. The number of benzene rings is 1. The Balaban J connectivity index is 2.96. The van der Waals surface area contributed by atoms with E-state index in [-0.39, 0.29) is 4.90 Å². The maximum Gasteiger partial charge on any atom is 0.244 e. The summed E-state index contributed by atoms with van der Waals surface area (Å²) in [7, 11) is -3.51. The molecule has 1 amide bonds. The third-order valence-corrected chi connectivity index (χ3v) is 4.04. The van der Waals surface area contributed by atoms with Crippen LogP contribution in [0.2, 0.25) is 0 Å². The quantitative estimate of drug-likeness (QED) is 0.666. The van der Waals surface area contributed by atoms with Gasteiger partial charge in [-0.2, -0.15) is 0 Å². The van der Waals surface area contributed by atoms with E-state index in [0.29, 0.717) is 0 Å². The van der Waals surface area contributed by atoms with Crippen LogP contribution < -0.4 is 3.53 Å². The molecule has 0 aliphatic rings. The lowest BCUT2D eigenvalue weighted by atomic mass is 10.2. The molecule has 15 heavy (non-hydrogen) atoms. The predicted molar refractivity (Wildman–Crippen MR) is 65.4 cm³/mol. The van der Waals surface area contributed by atoms with Gasteiger partial charge >= 0.3 is 0 Å². The highest BCUT2D eigenvalue weighted by Crippen LogP contribution is 2.11. The van der Waals surface area contributed by atoms with Crippen molar-refractivity contribution in [1.82, 2.24) is 3.53 Å². The Kier molecular flexibility index (Phi) is 4.09. The van der Waals surface area contributed by atoms with Crippen molar-refractivity contribution in [3.63, 3.8) is 0 Å². The highest BCUT2D eigenvalue weighted by molar-refractivity contribution is 14.1. The number of amides is 1. The fourth-order valence-electron chi connectivity index (χ4n) is 1.03. The van der Waals surface area contributed by atoms with E-state index in [1.165, 1.54) is 12.1 Å². The molecular weight excluding hydrogens is 329 g/mol. The van der Waals surface area contributed by atoms with Crippen LogP contribution in [-0.2, 0) is 14.6 Å². The number of carbonyl (C=O) groups excluding carboxylic acids is 1. The predicted octanol–water partition coefficient (Wildman–Crippen LogP) is 1.23. The molecule has 6 heteroatoms. The molecule has 82 valence electrons. The van der Waals surface area contributed by atoms with Gasteiger partial charge in [0, 0.05) is 0 Å². The van der Waals surface area contributed by atoms with Crippen molar-refractivity contribution in [2.24, 2.45) is 0 Å². The summed E-state index contributed by atoms with van der Waals surface area (Å²) in [5.41, 5.74) is 0.979. The van der Waals surface area contributed by atoms with E-state index in [0.717, 1.165) is 5.56 Å². The van der Waals surface area contributed by atoms with Gasteiger partial charge in [0.1, 0.15) is 5.75 Å². The van der Waals surface area contributed by atoms with Gasteiger partial charge in [-0.3, -0.25) is 8.32 Å². The zero-order valence-electron chi connectivity index (χ0n) is 8.03. The van der Waals surface area contributed by atoms with Crippen molar-refractivity contribution >= 4 is 38.6 Å². The van der Waals surface area contributed by atoms with Crippen LogP contribution in [0.3, 0.4) is 0 Å². The second-order valence-electron chi connectivity index (χ2n) is 3.09. The molecule has 4 nitrogen and oxygen atoms in total. The van der Waals surface area contributed by atoms with Gasteiger partial charge in [0.15, 0.2) is 9.84 Å². The van der Waals surface area contributed by atoms with Gasteiger partial charge in [0.2, 0.25) is 5.91 Å². The summed E-state index contributed by atoms with van der Waals surface area (Å²) in [6.45, 7) is 1.87. The van der Waals surface area contributed by atoms with Gasteiger partial charge in [-0.25, -0.2) is 8.42 Å². The standard InChI is InChI=1S/C9H10INO3S/c1-7-2-4-8(5-3-7)15(13,14)6-9(12)11-10/h2-5H,6H2,1H3,(H,11,12). The topological polar surface area (TPSA) is 63.2 Å². The number of hydrogen-bond donors (Lipinski definition) is 1. The van der Waals surface area contributed by atoms with E-state index < -0.39 is 21.5 Å². The van der Waals surface area contributed by atoms with E-state index in [2.05, 4.69) is 3.53 Å². The van der Waals surface area contributed by atoms with Crippen LogP contribution in [0.15, 0.2) is 29.2 Å². The fourth-order valence-corrected chi connectivity index (χ4v) is 2.61. The summed E-state index contributed by atoms with van der Waals surface area (Å²) in [5.74, 6) is -1.03. The minimum absolute atomic E-state index is 0.174. The van der Waals surface area contributed by atoms with Crippen molar-refractivity contribution in [3.05, 3.63) is 29.8 Å². The first-order valence-corrected chi connectivity index (χ1v) is 6.88. The largest absolute Gasteiger partial charge is 0.298 e. The van der Waals surface area contributed by atoms with Crippen LogP contribution in [0.25, 0.3) is 0 Å². The van der Waals surface area contributed by atoms with E-state index in [4.69, 9.17) is 0 Å². The van der Waals surface area contributed by atoms with Crippen LogP contribution in [0.4, 0.5) is 0 Å². The Morgan fingerprint density at radius 3 is 2.33 bits per heavy atom. The Bertz CT molecular complexity index is 453. The van der Waals surface area contributed by atoms with Crippen LogP contribution in [0, 0.1) is 6.92 Å². The zero-order valence-corrected chi connectivity index (χ0v) is 11.0. The molecule has 0 heterocycles. The van der Waals surface area contributed by atoms with Crippen LogP contribution in [0.5, 0.6) is 0 Å². The van der Waals surface area contributed by atoms with Crippen LogP contribution in [-0.4, -0.2) is 20.1 Å². The van der Waals surface area contributed by atoms with Gasteiger partial charge in [0.05, 0.1) is 27.8 Å². The summed E-state index contributed by atoms with van der Waals surface area (Å²) in [6, 6.07) is 6.42. The number of carbonyl (C=O) groups is 1. The second kappa shape index (κ2) is 4.93. The van der Waals surface area contributed by atoms with E-state index in [9.17, 15) is 13.2 Å². The van der Waals surface area contributed by atoms with Gasteiger partial charge < -0.3 is 0 Å². The zero-order chi connectivity index (χ0) is 11.5. The van der Waals surface area contributed by atoms with Crippen molar-refractivity contribution in [1.29, 1.82) is 0 Å². The Hall–Kier alpha value is -0.630. The molecule has 0 bridgehead atoms. The normalized spacial score (nSPS) is 11.1. The lowest BCUT2D eigenvalue weighted by Crippen LogP contribution is -2.23. The molecule has 0 aliphatic heterocycles. The maximum absolute atomic E-state index is 11.6. The molecular formula is C9H10INO3S. The fraction of sp³-hybridized carbons (Fsp3) is 0.222. The molecule has 0 spiro atoms. The average molecular weight is 339 g/mol. The average Bonchev–Trinajstić information content (AvgIpc) is 2.17. The second-order valence-corrected chi connectivity index (χ2v) is 5.62. The van der Waals surface area contributed by atoms with E-state index >= 15 is 0 Å². The molecule has 1 N–H and O–H groups in total. The Labute approximate surface area is 102 Å². The maximum atomic E-state index is 11.6. The first kappa shape index (κ1) is 12.4. The molecule has 1 aromatic rings. The molecule has 0 aliphatic carbocycles. The molecule has 0 unspecified atom stereocenters. The summed E-state index contributed by atoms with van der Waals surface area (Å²) < 4.78 is 25.6. The lowest BCUT2D eigenvalue weighted by Gasteiger charge is -2.03. The molecule has 0 atom stereocenters. The molecule has 0 saturated carbocycles. The number of rotatable bonds is 3. The number of nitrogens with one attached hydrogen (secondary N) is 1. The van der Waals surface area contributed by atoms with Crippen LogP contribution >= 0.6 is 22.9 Å². The van der Waals surface area contributed by atoms with Gasteiger partial charge in [0.25, 0.3) is 0 Å². The van der Waals surface area contributed by atoms with E-state index in [1.54, 1.807) is 35.0 Å². The third kappa shape index (κ3) is 3.45. The Morgan fingerprint density at radius 1 is 1.33 bits per heavy atom. The van der Waals surface area contributed by atoms with Gasteiger partial charge in [-0.1, -0.05) is 17.7 Å². The lowest BCUT2D eigenvalue weighted by molar-refractivity contribution is -0.116. The summed E-state index contributed by atoms with van der Waals surface area (Å²) >= 11 is 1.61. The molecule has 0 saturated heterocycles. The van der Waals surface area contributed by atoms with Crippen molar-refractivity contribution in [3.8, 4) is 0 Å². The monoisotopic (exact) mass is 339 g/mol. The highest BCUT2D eigenvalue weighted by atomic mass is 127. The number of hydrogen-bond acceptors (Lipinski definition) is 3. The van der Waals surface area contributed by atoms with Crippen molar-refractivity contribution in [2.75, 3.05) is 5.75 Å². The number of halogens is 1. The minimum atomic E-state index is -3.51. The van der Waals surface area contributed by atoms with Crippen molar-refractivity contribution in [2.45, 2.75) is 11.8 Å². The molecule has 0 radical (unpaired) electrons. The number of aryl methyl sites for hydroxylation is 1. The molecule has 0 aromatic heterocycles. The van der Waals surface area contributed by atoms with Gasteiger partial charge in [-0.15, -0.1) is 0 Å². The molecule has 1 rings (SSSR count). The first-order chi connectivity index (χ1) is 6.95. The van der Waals surface area contributed by atoms with Gasteiger partial charge in [-0.05, 0) is 19.1 Å². The van der Waals surface area contributed by atoms with Crippen molar-refractivity contribution < 1.29 is 13.2 Å². The third-order valence-electron chi connectivity index (χ3n) is 1.81. The number of sulfone groups is 1. The SMILES string of the molecule is Cc1ccc(S(=O)(=O)CC(=O)NI)cc1. The molecule has 0 fully saturated rings. The smallest absolute Gasteiger partial charge is 0.244 e. The molecule has 1 aromatic carbocycles. The van der Waals surface area contributed by atoms with E-state index in [1.807, 2.05) is 6.92 Å². The summed E-state index contributed by atoms with van der Waals surface area (Å²) in [4.78, 5) is 11.1. The minimum Gasteiger partial charge on any atom is -0.298 e.